The summed E-state index contributed by atoms with van der Waals surface area (Å²) in [5, 5.41) is 6.21. The summed E-state index contributed by atoms with van der Waals surface area (Å²) in [7, 11) is -3.98. The van der Waals surface area contributed by atoms with E-state index in [1.165, 1.54) is 18.5 Å². The van der Waals surface area contributed by atoms with E-state index in [9.17, 15) is 12.8 Å². The van der Waals surface area contributed by atoms with Gasteiger partial charge in [-0.05, 0) is 61.5 Å². The Bertz CT molecular complexity index is 1370. The molecule has 0 radical (unpaired) electrons. The number of nitrogens with zero attached hydrogens (tertiary/aromatic N) is 3. The average Bonchev–Trinajstić information content (AvgIpc) is 2.82. The van der Waals surface area contributed by atoms with Gasteiger partial charge in [-0.3, -0.25) is 4.72 Å². The fourth-order valence-electron chi connectivity index (χ4n) is 2.97. The van der Waals surface area contributed by atoms with E-state index in [2.05, 4.69) is 30.3 Å². The minimum atomic E-state index is -3.98. The molecule has 174 valence electrons. The van der Waals surface area contributed by atoms with Gasteiger partial charge in [-0.2, -0.15) is 0 Å². The van der Waals surface area contributed by atoms with Crippen LogP contribution in [0.2, 0.25) is 0 Å². The van der Waals surface area contributed by atoms with E-state index in [0.29, 0.717) is 28.8 Å². The molecule has 4 aromatic rings. The van der Waals surface area contributed by atoms with E-state index in [0.717, 1.165) is 6.07 Å². The second-order valence-electron chi connectivity index (χ2n) is 6.96. The molecule has 0 aliphatic carbocycles. The van der Waals surface area contributed by atoms with Crippen molar-refractivity contribution in [1.29, 1.82) is 0 Å². The first-order valence-electron chi connectivity index (χ1n) is 10.3. The van der Waals surface area contributed by atoms with Crippen LogP contribution >= 0.6 is 0 Å². The van der Waals surface area contributed by atoms with Crippen molar-refractivity contribution in [3.63, 3.8) is 0 Å². The lowest BCUT2D eigenvalue weighted by atomic mass is 10.3. The molecule has 0 aliphatic heterocycles. The van der Waals surface area contributed by atoms with Crippen molar-refractivity contribution in [2.45, 2.75) is 11.8 Å². The predicted molar refractivity (Wildman–Crippen MR) is 128 cm³/mol. The number of pyridine rings is 1. The first-order valence-corrected chi connectivity index (χ1v) is 11.7. The Morgan fingerprint density at radius 1 is 0.853 bits per heavy atom. The Labute approximate surface area is 196 Å². The third-order valence-electron chi connectivity index (χ3n) is 4.51. The summed E-state index contributed by atoms with van der Waals surface area (Å²) in [6.45, 7) is 1.99. The highest BCUT2D eigenvalue weighted by Crippen LogP contribution is 2.24. The van der Waals surface area contributed by atoms with E-state index in [4.69, 9.17) is 4.74 Å². The van der Waals surface area contributed by atoms with Crippen LogP contribution in [0.15, 0.2) is 84.1 Å². The van der Waals surface area contributed by atoms with Gasteiger partial charge >= 0.3 is 0 Å². The lowest BCUT2D eigenvalue weighted by Gasteiger charge is -2.11. The maximum atomic E-state index is 14.1. The van der Waals surface area contributed by atoms with E-state index in [1.54, 1.807) is 43.5 Å². The maximum absolute atomic E-state index is 14.1. The molecule has 0 atom stereocenters. The van der Waals surface area contributed by atoms with E-state index < -0.39 is 15.8 Å². The van der Waals surface area contributed by atoms with Crippen LogP contribution in [0.25, 0.3) is 0 Å². The average molecular weight is 481 g/mol. The van der Waals surface area contributed by atoms with Crippen LogP contribution in [0, 0.1) is 5.82 Å². The van der Waals surface area contributed by atoms with Crippen LogP contribution in [0.5, 0.6) is 5.75 Å². The molecule has 4 rings (SSSR count). The van der Waals surface area contributed by atoms with Gasteiger partial charge in [-0.1, -0.05) is 6.07 Å². The molecule has 0 bridgehead atoms. The van der Waals surface area contributed by atoms with Gasteiger partial charge in [-0.15, -0.1) is 0 Å². The molecule has 2 aromatic carbocycles. The highest BCUT2D eigenvalue weighted by Gasteiger charge is 2.17. The number of nitrogens with one attached hydrogen (secondary N) is 3. The summed E-state index contributed by atoms with van der Waals surface area (Å²) >= 11 is 0. The number of ether oxygens (including phenoxy) is 1. The summed E-state index contributed by atoms with van der Waals surface area (Å²) in [6, 6.07) is 17.2. The van der Waals surface area contributed by atoms with Crippen molar-refractivity contribution in [3.8, 4) is 5.75 Å². The van der Waals surface area contributed by atoms with Gasteiger partial charge < -0.3 is 15.4 Å². The summed E-state index contributed by atoms with van der Waals surface area (Å²) in [4.78, 5) is 12.3. The smallest absolute Gasteiger partial charge is 0.262 e. The lowest BCUT2D eigenvalue weighted by molar-refractivity contribution is 0.321. The number of benzene rings is 2. The zero-order valence-electron chi connectivity index (χ0n) is 18.1. The number of sulfonamides is 1. The standard InChI is InChI=1S/C23H21FN6O3S/c1-2-33-20-11-10-18(13-19(20)24)34(31,32)30-17-8-6-16(7-9-17)28-22-14-23(27-15-26-22)29-21-5-3-4-12-25-21/h3-15,30H,2H2,1H3,(H2,25,26,27,28,29). The van der Waals surface area contributed by atoms with Gasteiger partial charge in [0.15, 0.2) is 11.6 Å². The molecule has 0 unspecified atom stereocenters. The maximum Gasteiger partial charge on any atom is 0.262 e. The van der Waals surface area contributed by atoms with Gasteiger partial charge in [0, 0.05) is 23.6 Å². The zero-order valence-corrected chi connectivity index (χ0v) is 18.9. The molecule has 0 amide bonds. The molecule has 0 fully saturated rings. The van der Waals surface area contributed by atoms with Gasteiger partial charge in [0.1, 0.15) is 23.8 Å². The molecule has 0 saturated carbocycles. The topological polar surface area (TPSA) is 118 Å². The minimum absolute atomic E-state index is 0.0000114. The third-order valence-corrected chi connectivity index (χ3v) is 5.89. The summed E-state index contributed by atoms with van der Waals surface area (Å²) in [5.41, 5.74) is 0.998. The number of hydrogen-bond donors (Lipinski definition) is 3. The molecule has 2 heterocycles. The molecule has 0 spiro atoms. The Kier molecular flexibility index (Phi) is 6.83. The fraction of sp³-hybridized carbons (Fsp3) is 0.0870. The number of rotatable bonds is 9. The summed E-state index contributed by atoms with van der Waals surface area (Å²) < 4.78 is 46.9. The van der Waals surface area contributed by atoms with E-state index >= 15 is 0 Å². The first kappa shape index (κ1) is 22.9. The van der Waals surface area contributed by atoms with Crippen LogP contribution in [0.3, 0.4) is 0 Å². The normalized spacial score (nSPS) is 11.0. The molecule has 9 nitrogen and oxygen atoms in total. The Morgan fingerprint density at radius 2 is 1.59 bits per heavy atom. The fourth-order valence-corrected chi connectivity index (χ4v) is 4.04. The molecular formula is C23H21FN6O3S. The largest absolute Gasteiger partial charge is 0.491 e. The number of aromatic nitrogens is 3. The molecule has 0 saturated heterocycles. The van der Waals surface area contributed by atoms with Crippen LogP contribution in [0.4, 0.5) is 33.2 Å². The molecule has 34 heavy (non-hydrogen) atoms. The zero-order chi connectivity index (χ0) is 24.0. The Hall–Kier alpha value is -4.25. The second kappa shape index (κ2) is 10.1. The van der Waals surface area contributed by atoms with Gasteiger partial charge in [-0.25, -0.2) is 27.8 Å². The molecule has 11 heteroatoms. The summed E-state index contributed by atoms with van der Waals surface area (Å²) in [6.07, 6.45) is 3.08. The van der Waals surface area contributed by atoms with Crippen molar-refractivity contribution < 1.29 is 17.5 Å². The Balaban J connectivity index is 1.42. The second-order valence-corrected chi connectivity index (χ2v) is 8.64. The Morgan fingerprint density at radius 3 is 2.26 bits per heavy atom. The molecule has 0 aliphatic rings. The van der Waals surface area contributed by atoms with Gasteiger partial charge in [0.05, 0.1) is 11.5 Å². The molecule has 3 N–H and O–H groups in total. The van der Waals surface area contributed by atoms with Gasteiger partial charge in [0.25, 0.3) is 10.0 Å². The van der Waals surface area contributed by atoms with Crippen molar-refractivity contribution >= 4 is 38.9 Å². The first-order chi connectivity index (χ1) is 16.4. The van der Waals surface area contributed by atoms with Crippen molar-refractivity contribution in [1.82, 2.24) is 15.0 Å². The number of anilines is 5. The van der Waals surface area contributed by atoms with Crippen LogP contribution in [-0.4, -0.2) is 30.0 Å². The van der Waals surface area contributed by atoms with E-state index in [-0.39, 0.29) is 17.3 Å². The van der Waals surface area contributed by atoms with Crippen LogP contribution in [-0.2, 0) is 10.0 Å². The van der Waals surface area contributed by atoms with Gasteiger partial charge in [0.2, 0.25) is 0 Å². The van der Waals surface area contributed by atoms with E-state index in [1.807, 2.05) is 18.2 Å². The highest BCUT2D eigenvalue weighted by atomic mass is 32.2. The minimum Gasteiger partial charge on any atom is -0.491 e. The molecular weight excluding hydrogens is 459 g/mol. The lowest BCUT2D eigenvalue weighted by Crippen LogP contribution is -2.13. The van der Waals surface area contributed by atoms with Crippen LogP contribution < -0.4 is 20.1 Å². The van der Waals surface area contributed by atoms with Crippen molar-refractivity contribution in [3.05, 3.63) is 85.1 Å². The number of halogens is 1. The quantitative estimate of drug-likeness (QED) is 0.316. The predicted octanol–water partition coefficient (Wildman–Crippen LogP) is 4.70. The van der Waals surface area contributed by atoms with Crippen LogP contribution in [0.1, 0.15) is 6.92 Å². The summed E-state index contributed by atoms with van der Waals surface area (Å²) in [5.74, 6) is 0.997. The molecule has 2 aromatic heterocycles. The number of hydrogen-bond acceptors (Lipinski definition) is 8. The monoisotopic (exact) mass is 480 g/mol. The SMILES string of the molecule is CCOc1ccc(S(=O)(=O)Nc2ccc(Nc3cc(Nc4ccccn4)ncn3)cc2)cc1F. The highest BCUT2D eigenvalue weighted by molar-refractivity contribution is 7.92. The third kappa shape index (κ3) is 5.75. The van der Waals surface area contributed by atoms with Crippen molar-refractivity contribution in [2.75, 3.05) is 22.0 Å². The van der Waals surface area contributed by atoms with Crippen molar-refractivity contribution in [2.24, 2.45) is 0 Å².